The Balaban J connectivity index is 2.90. The van der Waals surface area contributed by atoms with Crippen molar-refractivity contribution in [1.82, 2.24) is 5.32 Å². The van der Waals surface area contributed by atoms with Crippen LogP contribution in [0, 0.1) is 5.41 Å². The minimum absolute atomic E-state index is 0.00282. The summed E-state index contributed by atoms with van der Waals surface area (Å²) in [6, 6.07) is 0. The first kappa shape index (κ1) is 13.8. The highest BCUT2D eigenvalue weighted by Gasteiger charge is 2.53. The Morgan fingerprint density at radius 3 is 2.06 bits per heavy atom. The molecule has 0 aliphatic heterocycles. The number of amides is 1. The molecule has 1 saturated carbocycles. The van der Waals surface area contributed by atoms with Crippen molar-refractivity contribution in [3.05, 3.63) is 0 Å². The first-order valence-corrected chi connectivity index (χ1v) is 5.11. The molecule has 1 unspecified atom stereocenters. The Labute approximate surface area is 96.2 Å². The van der Waals surface area contributed by atoms with Crippen LogP contribution in [0.5, 0.6) is 0 Å². The van der Waals surface area contributed by atoms with E-state index < -0.39 is 29.0 Å². The average Bonchev–Trinajstić information content (AvgIpc) is 2.41. The average molecular weight is 253 g/mol. The summed E-state index contributed by atoms with van der Waals surface area (Å²) >= 11 is 0. The van der Waals surface area contributed by atoms with Crippen molar-refractivity contribution in [2.24, 2.45) is 5.41 Å². The minimum atomic E-state index is -5.06. The number of rotatable bonds is 2. The Morgan fingerprint density at radius 1 is 1.24 bits per heavy atom. The fourth-order valence-electron chi connectivity index (χ4n) is 2.18. The van der Waals surface area contributed by atoms with E-state index in [2.05, 4.69) is 0 Å². The van der Waals surface area contributed by atoms with Crippen molar-refractivity contribution in [1.29, 1.82) is 0 Å². The van der Waals surface area contributed by atoms with E-state index >= 15 is 0 Å². The third-order valence-electron chi connectivity index (χ3n) is 3.03. The lowest BCUT2D eigenvalue weighted by Gasteiger charge is -2.28. The molecule has 1 fully saturated rings. The van der Waals surface area contributed by atoms with E-state index in [1.165, 1.54) is 0 Å². The molecule has 17 heavy (non-hydrogen) atoms. The first-order valence-electron chi connectivity index (χ1n) is 5.11. The highest BCUT2D eigenvalue weighted by Crippen LogP contribution is 2.44. The fraction of sp³-hybridized carbons (Fsp3) is 0.800. The summed E-state index contributed by atoms with van der Waals surface area (Å²) in [6.07, 6.45) is -4.60. The molecule has 0 aromatic rings. The van der Waals surface area contributed by atoms with Crippen LogP contribution in [-0.2, 0) is 9.59 Å². The van der Waals surface area contributed by atoms with Crippen molar-refractivity contribution in [3.63, 3.8) is 0 Å². The topological polar surface area (TPSA) is 66.4 Å². The molecule has 1 atom stereocenters. The lowest BCUT2D eigenvalue weighted by molar-refractivity contribution is -0.177. The molecule has 0 spiro atoms. The van der Waals surface area contributed by atoms with Crippen LogP contribution >= 0.6 is 0 Å². The zero-order valence-electron chi connectivity index (χ0n) is 9.52. The van der Waals surface area contributed by atoms with Crippen LogP contribution in [0.25, 0.3) is 0 Å². The Kier molecular flexibility index (Phi) is 3.15. The number of carboxylic acid groups (broad SMARTS) is 1. The van der Waals surface area contributed by atoms with Gasteiger partial charge in [0.25, 0.3) is 0 Å². The maximum Gasteiger partial charge on any atom is 0.471 e. The summed E-state index contributed by atoms with van der Waals surface area (Å²) in [7, 11) is 0. The minimum Gasteiger partial charge on any atom is -0.480 e. The van der Waals surface area contributed by atoms with Crippen LogP contribution in [0.4, 0.5) is 13.2 Å². The standard InChI is InChI=1S/C10H14F3NO3/c1-8(2)3-4-9(5-8,7(16)17)14-6(15)10(11,12)13/h3-5H2,1-2H3,(H,14,15)(H,16,17). The van der Waals surface area contributed by atoms with Crippen molar-refractivity contribution in [2.45, 2.75) is 44.8 Å². The Morgan fingerprint density at radius 2 is 1.76 bits per heavy atom. The van der Waals surface area contributed by atoms with E-state index in [1.807, 2.05) is 0 Å². The maximum atomic E-state index is 12.1. The van der Waals surface area contributed by atoms with Crippen LogP contribution in [0.2, 0.25) is 0 Å². The largest absolute Gasteiger partial charge is 0.480 e. The van der Waals surface area contributed by atoms with Gasteiger partial charge in [0.1, 0.15) is 5.54 Å². The Hall–Kier alpha value is -1.27. The molecule has 0 aromatic heterocycles. The molecule has 1 rings (SSSR count). The molecule has 7 heteroatoms. The zero-order chi connectivity index (χ0) is 13.5. The second-order valence-corrected chi connectivity index (χ2v) is 5.18. The summed E-state index contributed by atoms with van der Waals surface area (Å²) in [4.78, 5) is 21.9. The van der Waals surface area contributed by atoms with E-state index in [0.717, 1.165) is 0 Å². The quantitative estimate of drug-likeness (QED) is 0.787. The van der Waals surface area contributed by atoms with Gasteiger partial charge in [-0.1, -0.05) is 13.8 Å². The molecular formula is C10H14F3NO3. The van der Waals surface area contributed by atoms with E-state index in [-0.39, 0.29) is 12.8 Å². The van der Waals surface area contributed by atoms with Crippen molar-refractivity contribution >= 4 is 11.9 Å². The van der Waals surface area contributed by atoms with Gasteiger partial charge in [-0.15, -0.1) is 0 Å². The summed E-state index contributed by atoms with van der Waals surface area (Å²) in [5, 5.41) is 10.7. The molecule has 1 amide bonds. The van der Waals surface area contributed by atoms with E-state index in [1.54, 1.807) is 19.2 Å². The number of carbonyl (C=O) groups is 2. The van der Waals surface area contributed by atoms with Gasteiger partial charge in [-0.25, -0.2) is 4.79 Å². The van der Waals surface area contributed by atoms with Crippen LogP contribution in [0.15, 0.2) is 0 Å². The lowest BCUT2D eigenvalue weighted by Crippen LogP contribution is -2.56. The van der Waals surface area contributed by atoms with Crippen LogP contribution < -0.4 is 5.32 Å². The maximum absolute atomic E-state index is 12.1. The summed E-state index contributed by atoms with van der Waals surface area (Å²) < 4.78 is 36.4. The van der Waals surface area contributed by atoms with Crippen molar-refractivity contribution in [2.75, 3.05) is 0 Å². The molecule has 1 aliphatic rings. The normalized spacial score (nSPS) is 27.8. The van der Waals surface area contributed by atoms with Gasteiger partial charge in [-0.3, -0.25) is 4.79 Å². The number of carbonyl (C=O) groups excluding carboxylic acids is 1. The highest BCUT2D eigenvalue weighted by atomic mass is 19.4. The number of hydrogen-bond donors (Lipinski definition) is 2. The van der Waals surface area contributed by atoms with Gasteiger partial charge < -0.3 is 10.4 Å². The number of aliphatic carboxylic acids is 1. The predicted octanol–water partition coefficient (Wildman–Crippen LogP) is 1.70. The SMILES string of the molecule is CC1(C)CCC(NC(=O)C(F)(F)F)(C(=O)O)C1. The molecule has 98 valence electrons. The molecule has 0 aromatic carbocycles. The smallest absolute Gasteiger partial charge is 0.471 e. The second kappa shape index (κ2) is 3.89. The van der Waals surface area contributed by atoms with Crippen LogP contribution in [0.1, 0.15) is 33.1 Å². The summed E-state index contributed by atoms with van der Waals surface area (Å²) in [6.45, 7) is 3.52. The lowest BCUT2D eigenvalue weighted by atomic mass is 9.87. The van der Waals surface area contributed by atoms with Gasteiger partial charge in [0.05, 0.1) is 0 Å². The van der Waals surface area contributed by atoms with Crippen LogP contribution in [0.3, 0.4) is 0 Å². The van der Waals surface area contributed by atoms with Gasteiger partial charge in [0.2, 0.25) is 0 Å². The molecule has 0 heterocycles. The third-order valence-corrected chi connectivity index (χ3v) is 3.03. The number of carboxylic acids is 1. The van der Waals surface area contributed by atoms with Crippen molar-refractivity contribution in [3.8, 4) is 0 Å². The number of hydrogen-bond acceptors (Lipinski definition) is 2. The first-order chi connectivity index (χ1) is 7.49. The molecule has 4 nitrogen and oxygen atoms in total. The molecule has 2 N–H and O–H groups in total. The molecule has 0 saturated heterocycles. The van der Waals surface area contributed by atoms with Gasteiger partial charge in [-0.05, 0) is 24.7 Å². The molecule has 0 bridgehead atoms. The monoisotopic (exact) mass is 253 g/mol. The Bertz CT molecular complexity index is 351. The predicted molar refractivity (Wildman–Crippen MR) is 52.2 cm³/mol. The fourth-order valence-corrected chi connectivity index (χ4v) is 2.18. The van der Waals surface area contributed by atoms with Gasteiger partial charge in [-0.2, -0.15) is 13.2 Å². The van der Waals surface area contributed by atoms with Crippen molar-refractivity contribution < 1.29 is 27.9 Å². The third kappa shape index (κ3) is 2.89. The number of nitrogens with one attached hydrogen (secondary N) is 1. The summed E-state index contributed by atoms with van der Waals surface area (Å²) in [5.41, 5.74) is -2.19. The second-order valence-electron chi connectivity index (χ2n) is 5.18. The molecule has 1 aliphatic carbocycles. The van der Waals surface area contributed by atoms with Gasteiger partial charge in [0, 0.05) is 0 Å². The van der Waals surface area contributed by atoms with E-state index in [0.29, 0.717) is 6.42 Å². The summed E-state index contributed by atoms with van der Waals surface area (Å²) in [5.74, 6) is -3.61. The van der Waals surface area contributed by atoms with Crippen LogP contribution in [-0.4, -0.2) is 28.7 Å². The van der Waals surface area contributed by atoms with E-state index in [4.69, 9.17) is 5.11 Å². The highest BCUT2D eigenvalue weighted by molar-refractivity contribution is 5.90. The molecular weight excluding hydrogens is 239 g/mol. The zero-order valence-corrected chi connectivity index (χ0v) is 9.52. The molecule has 0 radical (unpaired) electrons. The van der Waals surface area contributed by atoms with Gasteiger partial charge in [0.15, 0.2) is 0 Å². The van der Waals surface area contributed by atoms with Gasteiger partial charge >= 0.3 is 18.1 Å². The number of alkyl halides is 3. The number of halogens is 3. The van der Waals surface area contributed by atoms with E-state index in [9.17, 15) is 22.8 Å².